The molecule has 2 amide bonds. The third kappa shape index (κ3) is 3.49. The average molecular weight is 427 g/mol. The summed E-state index contributed by atoms with van der Waals surface area (Å²) in [6, 6.07) is 2.10. The van der Waals surface area contributed by atoms with Crippen LogP contribution >= 0.6 is 0 Å². The Morgan fingerprint density at radius 1 is 1.03 bits per heavy atom. The highest BCUT2D eigenvalue weighted by molar-refractivity contribution is 5.92. The maximum Gasteiger partial charge on any atom is 0.231 e. The van der Waals surface area contributed by atoms with E-state index in [0.29, 0.717) is 19.1 Å². The number of anilines is 1. The summed E-state index contributed by atoms with van der Waals surface area (Å²) in [5, 5.41) is 7.56. The summed E-state index contributed by atoms with van der Waals surface area (Å²) >= 11 is 0. The van der Waals surface area contributed by atoms with E-state index in [1.54, 1.807) is 6.20 Å². The number of hydrogen-bond acceptors (Lipinski definition) is 4. The van der Waals surface area contributed by atoms with E-state index in [0.717, 1.165) is 75.2 Å². The van der Waals surface area contributed by atoms with Crippen molar-refractivity contribution in [3.63, 3.8) is 0 Å². The second-order valence-electron chi connectivity index (χ2n) is 10.9. The molecule has 6 aliphatic rings. The summed E-state index contributed by atoms with van der Waals surface area (Å²) in [5.41, 5.74) is -0.0459. The number of nitrogens with zero attached hydrogens (tertiary/aromatic N) is 3. The van der Waals surface area contributed by atoms with E-state index in [1.165, 1.54) is 19.3 Å². The quantitative estimate of drug-likeness (QED) is 0.802. The van der Waals surface area contributed by atoms with Gasteiger partial charge in [0.2, 0.25) is 11.8 Å². The molecule has 1 aromatic rings. The van der Waals surface area contributed by atoms with Crippen LogP contribution in [0.5, 0.6) is 0 Å². The third-order valence-electron chi connectivity index (χ3n) is 8.81. The Bertz CT molecular complexity index is 815. The van der Waals surface area contributed by atoms with E-state index >= 15 is 0 Å². The lowest BCUT2D eigenvalue weighted by Crippen LogP contribution is -2.55. The highest BCUT2D eigenvalue weighted by Gasteiger charge is 2.55. The maximum atomic E-state index is 13.6. The topological polar surface area (TPSA) is 76.5 Å². The van der Waals surface area contributed by atoms with Crippen molar-refractivity contribution < 1.29 is 14.3 Å². The van der Waals surface area contributed by atoms with Crippen molar-refractivity contribution >= 4 is 17.6 Å². The van der Waals surface area contributed by atoms with Crippen LogP contribution < -0.4 is 5.32 Å². The molecule has 2 saturated heterocycles. The van der Waals surface area contributed by atoms with Crippen molar-refractivity contribution in [2.75, 3.05) is 31.6 Å². The Kier molecular flexibility index (Phi) is 4.85. The first kappa shape index (κ1) is 19.8. The van der Waals surface area contributed by atoms with Gasteiger partial charge in [-0.1, -0.05) is 0 Å². The minimum atomic E-state index is -0.0666. The lowest BCUT2D eigenvalue weighted by Gasteiger charge is -2.57. The van der Waals surface area contributed by atoms with Gasteiger partial charge in [-0.05, 0) is 75.5 Å². The normalized spacial score (nSPS) is 37.4. The van der Waals surface area contributed by atoms with Crippen LogP contribution in [-0.4, -0.2) is 52.8 Å². The molecule has 1 unspecified atom stereocenters. The summed E-state index contributed by atoms with van der Waals surface area (Å²) < 4.78 is 7.30. The number of hydrogen-bond donors (Lipinski definition) is 1. The van der Waals surface area contributed by atoms with Crippen LogP contribution in [0.25, 0.3) is 0 Å². The molecule has 0 radical (unpaired) electrons. The highest BCUT2D eigenvalue weighted by atomic mass is 16.5. The SMILES string of the molecule is O=C(Nc1ccnn1C1CCN(C(=O)C23CC4CC(CC(C4)C2)C3)CC1)C1CCOC1. The zero-order valence-electron chi connectivity index (χ0n) is 18.3. The molecule has 7 rings (SSSR count). The predicted octanol–water partition coefficient (Wildman–Crippen LogP) is 3.24. The first-order chi connectivity index (χ1) is 15.1. The molecule has 1 atom stereocenters. The standard InChI is InChI=1S/C24H34N4O3/c29-22(19-4-8-31-15-19)26-21-1-5-25-28(21)20-2-6-27(7-3-20)23(30)24-12-16-9-17(13-24)11-18(10-16)14-24/h1,5,16-20H,2-4,6-15H2,(H,26,29). The Balaban J connectivity index is 1.09. The largest absolute Gasteiger partial charge is 0.381 e. The summed E-state index contributed by atoms with van der Waals surface area (Å²) in [6.07, 6.45) is 11.9. The fraction of sp³-hybridized carbons (Fsp3) is 0.792. The summed E-state index contributed by atoms with van der Waals surface area (Å²) in [6.45, 7) is 2.77. The number of piperidine rings is 1. The first-order valence-electron chi connectivity index (χ1n) is 12.3. The molecular formula is C24H34N4O3. The Morgan fingerprint density at radius 3 is 2.32 bits per heavy atom. The van der Waals surface area contributed by atoms with Gasteiger partial charge in [-0.2, -0.15) is 5.10 Å². The fourth-order valence-electron chi connectivity index (χ4n) is 7.70. The highest BCUT2D eigenvalue weighted by Crippen LogP contribution is 2.60. The molecule has 4 aliphatic carbocycles. The molecule has 1 N–H and O–H groups in total. The smallest absolute Gasteiger partial charge is 0.231 e. The minimum Gasteiger partial charge on any atom is -0.381 e. The van der Waals surface area contributed by atoms with Gasteiger partial charge in [0, 0.05) is 25.8 Å². The molecule has 0 aromatic carbocycles. The van der Waals surface area contributed by atoms with Crippen molar-refractivity contribution in [1.82, 2.24) is 14.7 Å². The van der Waals surface area contributed by atoms with Gasteiger partial charge in [0.25, 0.3) is 0 Å². The molecule has 0 spiro atoms. The van der Waals surface area contributed by atoms with Crippen molar-refractivity contribution in [2.45, 2.75) is 63.8 Å². The first-order valence-corrected chi connectivity index (χ1v) is 12.3. The van der Waals surface area contributed by atoms with Gasteiger partial charge >= 0.3 is 0 Å². The summed E-state index contributed by atoms with van der Waals surface area (Å²) in [4.78, 5) is 28.3. The van der Waals surface area contributed by atoms with Gasteiger partial charge < -0.3 is 15.0 Å². The summed E-state index contributed by atoms with van der Waals surface area (Å²) in [5.74, 6) is 3.56. The van der Waals surface area contributed by atoms with E-state index < -0.39 is 0 Å². The molecule has 4 saturated carbocycles. The molecule has 31 heavy (non-hydrogen) atoms. The van der Waals surface area contributed by atoms with E-state index in [4.69, 9.17) is 4.74 Å². The molecule has 7 nitrogen and oxygen atoms in total. The van der Waals surface area contributed by atoms with Crippen LogP contribution in [0, 0.1) is 29.1 Å². The van der Waals surface area contributed by atoms with E-state index in [-0.39, 0.29) is 23.3 Å². The zero-order valence-corrected chi connectivity index (χ0v) is 18.3. The second kappa shape index (κ2) is 7.61. The number of nitrogens with one attached hydrogen (secondary N) is 1. The molecule has 6 fully saturated rings. The zero-order chi connectivity index (χ0) is 21.0. The van der Waals surface area contributed by atoms with Crippen molar-refractivity contribution in [1.29, 1.82) is 0 Å². The van der Waals surface area contributed by atoms with Crippen molar-refractivity contribution in [2.24, 2.45) is 29.1 Å². The van der Waals surface area contributed by atoms with Crippen molar-refractivity contribution in [3.8, 4) is 0 Å². The number of aromatic nitrogens is 2. The van der Waals surface area contributed by atoms with Crippen LogP contribution in [0.15, 0.2) is 12.3 Å². The monoisotopic (exact) mass is 426 g/mol. The van der Waals surface area contributed by atoms with Crippen LogP contribution in [0.2, 0.25) is 0 Å². The van der Waals surface area contributed by atoms with Crippen LogP contribution in [0.4, 0.5) is 5.82 Å². The maximum absolute atomic E-state index is 13.6. The molecule has 168 valence electrons. The number of carbonyl (C=O) groups is 2. The van der Waals surface area contributed by atoms with Gasteiger partial charge in [-0.15, -0.1) is 0 Å². The van der Waals surface area contributed by atoms with Gasteiger partial charge in [-0.3, -0.25) is 9.59 Å². The number of carbonyl (C=O) groups excluding carboxylic acids is 2. The molecule has 1 aromatic heterocycles. The van der Waals surface area contributed by atoms with Gasteiger partial charge in [0.1, 0.15) is 5.82 Å². The second-order valence-corrected chi connectivity index (χ2v) is 10.9. The fourth-order valence-corrected chi connectivity index (χ4v) is 7.70. The Morgan fingerprint density at radius 2 is 1.71 bits per heavy atom. The van der Waals surface area contributed by atoms with Crippen molar-refractivity contribution in [3.05, 3.63) is 12.3 Å². The molecule has 3 heterocycles. The van der Waals surface area contributed by atoms with Gasteiger partial charge in [0.15, 0.2) is 0 Å². The third-order valence-corrected chi connectivity index (χ3v) is 8.81. The summed E-state index contributed by atoms with van der Waals surface area (Å²) in [7, 11) is 0. The molecule has 2 aliphatic heterocycles. The number of likely N-dealkylation sites (tertiary alicyclic amines) is 1. The molecular weight excluding hydrogens is 392 g/mol. The van der Waals surface area contributed by atoms with Gasteiger partial charge in [0.05, 0.1) is 30.2 Å². The lowest BCUT2D eigenvalue weighted by atomic mass is 9.49. The van der Waals surface area contributed by atoms with Crippen LogP contribution in [0.3, 0.4) is 0 Å². The number of amides is 2. The number of ether oxygens (including phenoxy) is 1. The van der Waals surface area contributed by atoms with Crippen LogP contribution in [-0.2, 0) is 14.3 Å². The molecule has 7 heteroatoms. The molecule has 4 bridgehead atoms. The number of rotatable bonds is 4. The Hall–Kier alpha value is -1.89. The Labute approximate surface area is 183 Å². The van der Waals surface area contributed by atoms with Crippen LogP contribution in [0.1, 0.15) is 63.8 Å². The van der Waals surface area contributed by atoms with Gasteiger partial charge in [-0.25, -0.2) is 4.68 Å². The minimum absolute atomic E-state index is 0.0219. The van der Waals surface area contributed by atoms with E-state index in [1.807, 2.05) is 10.7 Å². The van der Waals surface area contributed by atoms with E-state index in [2.05, 4.69) is 15.3 Å². The average Bonchev–Trinajstić information content (AvgIpc) is 3.45. The predicted molar refractivity (Wildman–Crippen MR) is 115 cm³/mol. The lowest BCUT2D eigenvalue weighted by molar-refractivity contribution is -0.159. The van der Waals surface area contributed by atoms with E-state index in [9.17, 15) is 9.59 Å².